The summed E-state index contributed by atoms with van der Waals surface area (Å²) >= 11 is 6.05. The van der Waals surface area contributed by atoms with Crippen molar-refractivity contribution in [2.24, 2.45) is 0 Å². The largest absolute Gasteiger partial charge is 0.422 e. The van der Waals surface area contributed by atoms with Crippen LogP contribution in [0.1, 0.15) is 18.5 Å². The predicted octanol–water partition coefficient (Wildman–Crippen LogP) is 3.75. The lowest BCUT2D eigenvalue weighted by Gasteiger charge is -2.38. The highest BCUT2D eigenvalue weighted by Gasteiger charge is 2.30. The summed E-state index contributed by atoms with van der Waals surface area (Å²) in [5.74, 6) is 0. The Labute approximate surface area is 183 Å². The molecule has 6 rings (SSSR count). The SMILES string of the molecule is Cc1nc(Cl)cn2cc(-c3cc4ccc(N5CCN6CCC[C@@H]6C5)cc4oc3=O)nc12. The van der Waals surface area contributed by atoms with Crippen LogP contribution in [0.2, 0.25) is 5.15 Å². The summed E-state index contributed by atoms with van der Waals surface area (Å²) in [4.78, 5) is 26.6. The highest BCUT2D eigenvalue weighted by molar-refractivity contribution is 6.29. The van der Waals surface area contributed by atoms with E-state index in [0.29, 0.717) is 39.4 Å². The second-order valence-corrected chi connectivity index (χ2v) is 8.84. The predicted molar refractivity (Wildman–Crippen MR) is 121 cm³/mol. The van der Waals surface area contributed by atoms with E-state index in [1.54, 1.807) is 16.8 Å². The Morgan fingerprint density at radius 2 is 2.03 bits per heavy atom. The van der Waals surface area contributed by atoms with Gasteiger partial charge in [0, 0.05) is 55.2 Å². The zero-order valence-electron chi connectivity index (χ0n) is 17.2. The number of piperazine rings is 1. The number of imidazole rings is 1. The molecule has 158 valence electrons. The lowest BCUT2D eigenvalue weighted by atomic mass is 10.1. The molecular weight excluding hydrogens is 414 g/mol. The van der Waals surface area contributed by atoms with Crippen LogP contribution in [0.15, 0.2) is 45.9 Å². The van der Waals surface area contributed by atoms with Gasteiger partial charge in [-0.25, -0.2) is 14.8 Å². The first-order chi connectivity index (χ1) is 15.0. The van der Waals surface area contributed by atoms with Crippen LogP contribution >= 0.6 is 11.6 Å². The van der Waals surface area contributed by atoms with Gasteiger partial charge in [-0.1, -0.05) is 11.6 Å². The Kier molecular flexibility index (Phi) is 4.30. The van der Waals surface area contributed by atoms with Crippen LogP contribution in [0.5, 0.6) is 0 Å². The Bertz CT molecular complexity index is 1380. The molecule has 0 saturated carbocycles. The molecule has 1 atom stereocenters. The molecule has 0 unspecified atom stereocenters. The smallest absolute Gasteiger partial charge is 0.345 e. The zero-order chi connectivity index (χ0) is 21.1. The molecule has 5 heterocycles. The van der Waals surface area contributed by atoms with Crippen molar-refractivity contribution in [3.63, 3.8) is 0 Å². The number of halogens is 1. The van der Waals surface area contributed by atoms with E-state index in [1.165, 1.54) is 19.4 Å². The van der Waals surface area contributed by atoms with E-state index in [4.69, 9.17) is 16.0 Å². The quantitative estimate of drug-likeness (QED) is 0.447. The molecule has 31 heavy (non-hydrogen) atoms. The second-order valence-electron chi connectivity index (χ2n) is 8.45. The maximum Gasteiger partial charge on any atom is 0.345 e. The normalized spacial score (nSPS) is 19.4. The molecule has 2 saturated heterocycles. The molecule has 4 aromatic rings. The third-order valence-electron chi connectivity index (χ3n) is 6.52. The maximum atomic E-state index is 12.8. The van der Waals surface area contributed by atoms with Gasteiger partial charge in [-0.05, 0) is 44.5 Å². The van der Waals surface area contributed by atoms with Crippen LogP contribution in [-0.4, -0.2) is 51.5 Å². The number of fused-ring (bicyclic) bond motifs is 3. The van der Waals surface area contributed by atoms with Gasteiger partial charge >= 0.3 is 5.63 Å². The molecule has 7 nitrogen and oxygen atoms in total. The fraction of sp³-hybridized carbons (Fsp3) is 0.348. The van der Waals surface area contributed by atoms with Crippen molar-refractivity contribution in [3.05, 3.63) is 57.9 Å². The van der Waals surface area contributed by atoms with E-state index in [1.807, 2.05) is 25.1 Å². The summed E-state index contributed by atoms with van der Waals surface area (Å²) in [5, 5.41) is 1.26. The number of benzene rings is 1. The van der Waals surface area contributed by atoms with E-state index in [-0.39, 0.29) is 0 Å². The average molecular weight is 436 g/mol. The summed E-state index contributed by atoms with van der Waals surface area (Å²) in [6.07, 6.45) is 6.02. The molecule has 8 heteroatoms. The van der Waals surface area contributed by atoms with Crippen molar-refractivity contribution >= 4 is 33.9 Å². The number of rotatable bonds is 2. The van der Waals surface area contributed by atoms with Gasteiger partial charge in [-0.2, -0.15) is 0 Å². The zero-order valence-corrected chi connectivity index (χ0v) is 18.0. The van der Waals surface area contributed by atoms with Crippen molar-refractivity contribution in [1.82, 2.24) is 19.3 Å². The number of anilines is 1. The van der Waals surface area contributed by atoms with Gasteiger partial charge < -0.3 is 13.7 Å². The highest BCUT2D eigenvalue weighted by Crippen LogP contribution is 2.29. The number of aryl methyl sites for hydroxylation is 1. The van der Waals surface area contributed by atoms with Crippen LogP contribution in [-0.2, 0) is 0 Å². The van der Waals surface area contributed by atoms with Crippen LogP contribution in [0.3, 0.4) is 0 Å². The fourth-order valence-electron chi connectivity index (χ4n) is 4.94. The molecule has 0 N–H and O–H groups in total. The Hall–Kier alpha value is -2.90. The van der Waals surface area contributed by atoms with E-state index in [0.717, 1.165) is 30.7 Å². The van der Waals surface area contributed by atoms with E-state index < -0.39 is 5.63 Å². The third-order valence-corrected chi connectivity index (χ3v) is 6.71. The number of aromatic nitrogens is 3. The Morgan fingerprint density at radius 3 is 2.94 bits per heavy atom. The minimum Gasteiger partial charge on any atom is -0.422 e. The molecule has 0 bridgehead atoms. The Morgan fingerprint density at radius 1 is 1.13 bits per heavy atom. The van der Waals surface area contributed by atoms with Crippen LogP contribution < -0.4 is 10.5 Å². The molecule has 0 amide bonds. The van der Waals surface area contributed by atoms with Crippen molar-refractivity contribution < 1.29 is 4.42 Å². The number of nitrogens with zero attached hydrogens (tertiary/aromatic N) is 5. The Balaban J connectivity index is 1.37. The minimum atomic E-state index is -0.398. The molecule has 0 radical (unpaired) electrons. The van der Waals surface area contributed by atoms with Gasteiger partial charge in [0.25, 0.3) is 0 Å². The summed E-state index contributed by atoms with van der Waals surface area (Å²) in [5.41, 5.74) is 3.66. The van der Waals surface area contributed by atoms with Crippen molar-refractivity contribution in [2.45, 2.75) is 25.8 Å². The van der Waals surface area contributed by atoms with Gasteiger partial charge in [0.15, 0.2) is 5.65 Å². The third kappa shape index (κ3) is 3.20. The van der Waals surface area contributed by atoms with Crippen LogP contribution in [0.4, 0.5) is 5.69 Å². The van der Waals surface area contributed by atoms with E-state index in [9.17, 15) is 4.79 Å². The second kappa shape index (κ2) is 7.07. The molecular formula is C23H22ClN5O2. The monoisotopic (exact) mass is 435 g/mol. The summed E-state index contributed by atoms with van der Waals surface area (Å²) in [6.45, 7) is 6.19. The van der Waals surface area contributed by atoms with E-state index >= 15 is 0 Å². The van der Waals surface area contributed by atoms with Crippen molar-refractivity contribution in [2.75, 3.05) is 31.1 Å². The van der Waals surface area contributed by atoms with Gasteiger partial charge in [0.2, 0.25) is 0 Å². The van der Waals surface area contributed by atoms with Gasteiger partial charge in [0.05, 0.1) is 17.0 Å². The first kappa shape index (κ1) is 18.8. The van der Waals surface area contributed by atoms with Crippen molar-refractivity contribution in [1.29, 1.82) is 0 Å². The molecule has 0 aliphatic carbocycles. The van der Waals surface area contributed by atoms with Gasteiger partial charge in [0.1, 0.15) is 10.7 Å². The van der Waals surface area contributed by atoms with Gasteiger partial charge in [-0.3, -0.25) is 4.90 Å². The lowest BCUT2D eigenvalue weighted by molar-refractivity contribution is 0.231. The number of hydrogen-bond donors (Lipinski definition) is 0. The van der Waals surface area contributed by atoms with Crippen LogP contribution in [0, 0.1) is 6.92 Å². The summed E-state index contributed by atoms with van der Waals surface area (Å²) in [7, 11) is 0. The molecule has 1 aromatic carbocycles. The van der Waals surface area contributed by atoms with Gasteiger partial charge in [-0.15, -0.1) is 0 Å². The van der Waals surface area contributed by atoms with E-state index in [2.05, 4.69) is 25.8 Å². The molecule has 3 aromatic heterocycles. The lowest BCUT2D eigenvalue weighted by Crippen LogP contribution is -2.50. The highest BCUT2D eigenvalue weighted by atomic mass is 35.5. The summed E-state index contributed by atoms with van der Waals surface area (Å²) < 4.78 is 7.52. The molecule has 0 spiro atoms. The van der Waals surface area contributed by atoms with Crippen molar-refractivity contribution in [3.8, 4) is 11.3 Å². The standard InChI is InChI=1S/C23H22ClN5O2/c1-14-22-26-19(12-29(22)13-21(24)25-14)18-9-15-4-5-16(10-20(15)31-23(18)30)28-8-7-27-6-2-3-17(27)11-28/h4-5,9-10,12-13,17H,2-3,6-8,11H2,1H3/t17-/m1/s1. The fourth-order valence-corrected chi connectivity index (χ4v) is 5.18. The number of hydrogen-bond acceptors (Lipinski definition) is 6. The first-order valence-corrected chi connectivity index (χ1v) is 11.0. The maximum absolute atomic E-state index is 12.8. The molecule has 2 aliphatic heterocycles. The summed E-state index contributed by atoms with van der Waals surface area (Å²) in [6, 6.07) is 8.63. The average Bonchev–Trinajstić information content (AvgIpc) is 3.39. The van der Waals surface area contributed by atoms with Crippen LogP contribution in [0.25, 0.3) is 27.9 Å². The molecule has 2 aliphatic rings. The first-order valence-electron chi connectivity index (χ1n) is 10.6. The molecule has 2 fully saturated rings. The topological polar surface area (TPSA) is 66.9 Å². The minimum absolute atomic E-state index is 0.380.